The maximum Gasteiger partial charge on any atom is 0.142 e. The first kappa shape index (κ1) is 19.0. The lowest BCUT2D eigenvalue weighted by Gasteiger charge is -2.45. The smallest absolute Gasteiger partial charge is 0.142 e. The minimum Gasteiger partial charge on any atom is -0.494 e. The summed E-state index contributed by atoms with van der Waals surface area (Å²) >= 11 is 0. The van der Waals surface area contributed by atoms with Crippen LogP contribution in [0.5, 0.6) is 11.5 Å². The van der Waals surface area contributed by atoms with Gasteiger partial charge < -0.3 is 14.8 Å². The fourth-order valence-electron chi connectivity index (χ4n) is 4.74. The van der Waals surface area contributed by atoms with Gasteiger partial charge in [0, 0.05) is 23.9 Å². The maximum atomic E-state index is 13.2. The zero-order chi connectivity index (χ0) is 19.5. The fourth-order valence-corrected chi connectivity index (χ4v) is 4.74. The molecule has 1 N–H and O–H groups in total. The van der Waals surface area contributed by atoms with Crippen LogP contribution in [-0.2, 0) is 4.79 Å². The number of hydrogen-bond donors (Lipinski definition) is 1. The molecule has 28 heavy (non-hydrogen) atoms. The third-order valence-electron chi connectivity index (χ3n) is 6.03. The predicted molar refractivity (Wildman–Crippen MR) is 110 cm³/mol. The van der Waals surface area contributed by atoms with E-state index in [4.69, 9.17) is 9.47 Å². The summed E-state index contributed by atoms with van der Waals surface area (Å²) < 4.78 is 11.1. The Kier molecular flexibility index (Phi) is 5.67. The highest BCUT2D eigenvalue weighted by Gasteiger charge is 2.46. The van der Waals surface area contributed by atoms with Crippen LogP contribution in [0.25, 0.3) is 0 Å². The Balaban J connectivity index is 1.61. The van der Waals surface area contributed by atoms with Crippen molar-refractivity contribution in [2.24, 2.45) is 11.8 Å². The molecule has 0 radical (unpaired) electrons. The molecule has 2 aliphatic rings. The number of Topliss-reactive ketones (excluding diaryl/α,β-unsaturated/α-hetero) is 1. The molecule has 0 unspecified atom stereocenters. The Morgan fingerprint density at radius 3 is 1.61 bits per heavy atom. The van der Waals surface area contributed by atoms with Crippen molar-refractivity contribution in [3.05, 3.63) is 59.7 Å². The van der Waals surface area contributed by atoms with Gasteiger partial charge in [0.1, 0.15) is 17.3 Å². The lowest BCUT2D eigenvalue weighted by atomic mass is 9.67. The molecule has 148 valence electrons. The Morgan fingerprint density at radius 2 is 1.21 bits per heavy atom. The van der Waals surface area contributed by atoms with Gasteiger partial charge in [-0.05, 0) is 62.1 Å². The number of rotatable bonds is 6. The van der Waals surface area contributed by atoms with Gasteiger partial charge in [-0.3, -0.25) is 4.79 Å². The van der Waals surface area contributed by atoms with Crippen LogP contribution in [0.4, 0.5) is 0 Å². The molecule has 4 rings (SSSR count). The molecule has 1 saturated carbocycles. The summed E-state index contributed by atoms with van der Waals surface area (Å²) in [6.45, 7) is 5.28. The highest BCUT2D eigenvalue weighted by atomic mass is 16.5. The number of nitrogens with one attached hydrogen (secondary N) is 1. The van der Waals surface area contributed by atoms with E-state index >= 15 is 0 Å². The average molecular weight is 380 g/mol. The van der Waals surface area contributed by atoms with Gasteiger partial charge in [-0.1, -0.05) is 30.7 Å². The standard InChI is InChI=1S/C24H29NO3/c1-3-27-18-12-8-16(9-13-18)22-20-6-5-7-21(24(20)26)23(25-22)17-10-14-19(15-11-17)28-4-2/h8-15,20-23,25H,3-7H2,1-2H3/t20-,21+,22+,23-. The molecular weight excluding hydrogens is 350 g/mol. The molecule has 2 aromatic rings. The van der Waals surface area contributed by atoms with E-state index in [9.17, 15) is 4.79 Å². The fraction of sp³-hybridized carbons (Fsp3) is 0.458. The lowest BCUT2D eigenvalue weighted by molar-refractivity contribution is -0.135. The largest absolute Gasteiger partial charge is 0.494 e. The Morgan fingerprint density at radius 1 is 0.786 bits per heavy atom. The summed E-state index contributed by atoms with van der Waals surface area (Å²) in [5.74, 6) is 2.30. The van der Waals surface area contributed by atoms with Gasteiger partial charge in [-0.25, -0.2) is 0 Å². The van der Waals surface area contributed by atoms with E-state index in [2.05, 4.69) is 29.6 Å². The van der Waals surface area contributed by atoms with Crippen LogP contribution in [0.3, 0.4) is 0 Å². The summed E-state index contributed by atoms with van der Waals surface area (Å²) in [5, 5.41) is 3.82. The van der Waals surface area contributed by atoms with Crippen LogP contribution in [0, 0.1) is 11.8 Å². The van der Waals surface area contributed by atoms with Crippen molar-refractivity contribution in [2.75, 3.05) is 13.2 Å². The molecule has 2 fully saturated rings. The normalized spacial score (nSPS) is 26.7. The molecule has 2 aromatic carbocycles. The van der Waals surface area contributed by atoms with Crippen molar-refractivity contribution >= 4 is 5.78 Å². The van der Waals surface area contributed by atoms with Crippen molar-refractivity contribution < 1.29 is 14.3 Å². The van der Waals surface area contributed by atoms with Crippen molar-refractivity contribution in [3.8, 4) is 11.5 Å². The number of piperidine rings is 1. The summed E-state index contributed by atoms with van der Waals surface area (Å²) in [5.41, 5.74) is 2.33. The van der Waals surface area contributed by atoms with E-state index in [0.717, 1.165) is 41.9 Å². The first-order chi connectivity index (χ1) is 13.7. The minimum atomic E-state index is 0.0521. The number of carbonyl (C=O) groups excluding carboxylic acids is 1. The van der Waals surface area contributed by atoms with E-state index in [1.54, 1.807) is 0 Å². The number of benzene rings is 2. The van der Waals surface area contributed by atoms with Gasteiger partial charge in [-0.15, -0.1) is 0 Å². The number of ketones is 1. The van der Waals surface area contributed by atoms with Crippen molar-refractivity contribution in [1.29, 1.82) is 0 Å². The predicted octanol–water partition coefficient (Wildman–Crippen LogP) is 4.86. The number of ether oxygens (including phenoxy) is 2. The van der Waals surface area contributed by atoms with Crippen molar-refractivity contribution in [3.63, 3.8) is 0 Å². The number of fused-ring (bicyclic) bond motifs is 2. The summed E-state index contributed by atoms with van der Waals surface area (Å²) in [6.07, 6.45) is 3.05. The molecule has 0 aromatic heterocycles. The first-order valence-electron chi connectivity index (χ1n) is 10.5. The molecule has 0 spiro atoms. The van der Waals surface area contributed by atoms with Gasteiger partial charge >= 0.3 is 0 Å². The topological polar surface area (TPSA) is 47.6 Å². The van der Waals surface area contributed by atoms with Crippen LogP contribution in [-0.4, -0.2) is 19.0 Å². The second-order valence-corrected chi connectivity index (χ2v) is 7.67. The van der Waals surface area contributed by atoms with Gasteiger partial charge in [0.2, 0.25) is 0 Å². The summed E-state index contributed by atoms with van der Waals surface area (Å²) in [6, 6.07) is 16.5. The van der Waals surface area contributed by atoms with E-state index in [1.807, 2.05) is 38.1 Å². The Bertz CT molecular complexity index is 734. The second kappa shape index (κ2) is 8.36. The molecule has 1 heterocycles. The van der Waals surface area contributed by atoms with Gasteiger partial charge in [0.25, 0.3) is 0 Å². The van der Waals surface area contributed by atoms with Crippen molar-refractivity contribution in [2.45, 2.75) is 45.2 Å². The summed E-state index contributed by atoms with van der Waals surface area (Å²) in [7, 11) is 0. The Labute approximate surface area is 167 Å². The quantitative estimate of drug-likeness (QED) is 0.779. The van der Waals surface area contributed by atoms with Gasteiger partial charge in [-0.2, -0.15) is 0 Å². The van der Waals surface area contributed by atoms with Gasteiger partial charge in [0.15, 0.2) is 0 Å². The van der Waals surface area contributed by atoms with E-state index in [-0.39, 0.29) is 23.9 Å². The van der Waals surface area contributed by atoms with E-state index in [1.165, 1.54) is 0 Å². The highest BCUT2D eigenvalue weighted by molar-refractivity contribution is 5.87. The highest BCUT2D eigenvalue weighted by Crippen LogP contribution is 2.46. The molecule has 2 bridgehead atoms. The molecule has 4 heteroatoms. The second-order valence-electron chi connectivity index (χ2n) is 7.67. The van der Waals surface area contributed by atoms with E-state index < -0.39 is 0 Å². The maximum absolute atomic E-state index is 13.2. The van der Waals surface area contributed by atoms with Crippen LogP contribution in [0.2, 0.25) is 0 Å². The number of carbonyl (C=O) groups is 1. The van der Waals surface area contributed by atoms with Crippen LogP contribution in [0.15, 0.2) is 48.5 Å². The van der Waals surface area contributed by atoms with E-state index in [0.29, 0.717) is 19.0 Å². The lowest BCUT2D eigenvalue weighted by Crippen LogP contribution is -2.50. The zero-order valence-corrected chi connectivity index (χ0v) is 16.7. The first-order valence-corrected chi connectivity index (χ1v) is 10.5. The Hall–Kier alpha value is -2.33. The molecule has 1 aliphatic heterocycles. The zero-order valence-electron chi connectivity index (χ0n) is 16.7. The summed E-state index contributed by atoms with van der Waals surface area (Å²) in [4.78, 5) is 13.2. The van der Waals surface area contributed by atoms with Crippen molar-refractivity contribution in [1.82, 2.24) is 5.32 Å². The van der Waals surface area contributed by atoms with Crippen LogP contribution >= 0.6 is 0 Å². The molecule has 1 aliphatic carbocycles. The molecule has 1 saturated heterocycles. The molecule has 0 amide bonds. The number of hydrogen-bond acceptors (Lipinski definition) is 4. The molecule has 4 nitrogen and oxygen atoms in total. The van der Waals surface area contributed by atoms with Crippen LogP contribution in [0.1, 0.15) is 56.3 Å². The molecule has 4 atom stereocenters. The SMILES string of the molecule is CCOc1ccc([C@H]2N[C@@H](c3ccc(OCC)cc3)[C@H]3CCC[C@@H]2C3=O)cc1. The van der Waals surface area contributed by atoms with Gasteiger partial charge in [0.05, 0.1) is 13.2 Å². The average Bonchev–Trinajstić information content (AvgIpc) is 2.70. The molecular formula is C24H29NO3. The third-order valence-corrected chi connectivity index (χ3v) is 6.03. The monoisotopic (exact) mass is 379 g/mol. The minimum absolute atomic E-state index is 0.0521. The third kappa shape index (κ3) is 3.66. The van der Waals surface area contributed by atoms with Crippen LogP contribution < -0.4 is 14.8 Å².